The fourth-order valence-corrected chi connectivity index (χ4v) is 5.66. The van der Waals surface area contributed by atoms with E-state index < -0.39 is 26.5 Å². The van der Waals surface area contributed by atoms with Crippen LogP contribution in [0.5, 0.6) is 0 Å². The molecule has 0 aliphatic heterocycles. The molecular formula is C35H67O8P. The summed E-state index contributed by atoms with van der Waals surface area (Å²) in [6, 6.07) is 0. The highest BCUT2D eigenvalue weighted by atomic mass is 31.2. The number of esters is 2. The minimum atomic E-state index is -4.27. The number of phosphoric ester groups is 1. The molecule has 0 aliphatic rings. The molecule has 0 aromatic carbocycles. The van der Waals surface area contributed by atoms with Gasteiger partial charge in [-0.2, -0.15) is 0 Å². The number of carbonyl (C=O) groups is 2. The molecule has 44 heavy (non-hydrogen) atoms. The van der Waals surface area contributed by atoms with E-state index in [0.29, 0.717) is 12.8 Å². The van der Waals surface area contributed by atoms with Crippen LogP contribution in [0.3, 0.4) is 0 Å². The first-order valence-electron chi connectivity index (χ1n) is 18.0. The van der Waals surface area contributed by atoms with E-state index in [1.54, 1.807) is 6.92 Å². The number of allylic oxidation sites excluding steroid dienone is 2. The maximum absolute atomic E-state index is 12.4. The molecule has 0 bridgehead atoms. The van der Waals surface area contributed by atoms with Crippen LogP contribution >= 0.6 is 7.82 Å². The van der Waals surface area contributed by atoms with Crippen LogP contribution in [0.2, 0.25) is 0 Å². The van der Waals surface area contributed by atoms with Gasteiger partial charge >= 0.3 is 19.8 Å². The molecule has 0 rings (SSSR count). The highest BCUT2D eigenvalue weighted by Gasteiger charge is 2.25. The van der Waals surface area contributed by atoms with E-state index in [4.69, 9.17) is 18.5 Å². The maximum Gasteiger partial charge on any atom is 0.472 e. The van der Waals surface area contributed by atoms with E-state index in [1.807, 2.05) is 0 Å². The van der Waals surface area contributed by atoms with Gasteiger partial charge in [-0.25, -0.2) is 4.57 Å². The summed E-state index contributed by atoms with van der Waals surface area (Å²) in [4.78, 5) is 34.5. The molecule has 2 atom stereocenters. The number of phosphoric acid groups is 1. The quantitative estimate of drug-likeness (QED) is 0.0325. The molecule has 8 nitrogen and oxygen atoms in total. The minimum Gasteiger partial charge on any atom is -0.462 e. The summed E-state index contributed by atoms with van der Waals surface area (Å²) in [7, 11) is -4.27. The Morgan fingerprint density at radius 1 is 0.591 bits per heavy atom. The number of rotatable bonds is 33. The first-order chi connectivity index (χ1) is 21.3. The van der Waals surface area contributed by atoms with Crippen LogP contribution in [0.25, 0.3) is 0 Å². The molecule has 0 saturated carbocycles. The van der Waals surface area contributed by atoms with Crippen molar-refractivity contribution in [3.05, 3.63) is 12.2 Å². The summed E-state index contributed by atoms with van der Waals surface area (Å²) < 4.78 is 32.4. The number of carbonyl (C=O) groups excluding carboxylic acids is 2. The van der Waals surface area contributed by atoms with Crippen molar-refractivity contribution in [1.29, 1.82) is 0 Å². The van der Waals surface area contributed by atoms with E-state index >= 15 is 0 Å². The summed E-state index contributed by atoms with van der Waals surface area (Å²) >= 11 is 0. The number of hydrogen-bond donors (Lipinski definition) is 1. The molecule has 2 unspecified atom stereocenters. The Labute approximate surface area is 270 Å². The van der Waals surface area contributed by atoms with Gasteiger partial charge in [0.25, 0.3) is 0 Å². The average Bonchev–Trinajstić information content (AvgIpc) is 2.99. The Balaban J connectivity index is 4.17. The molecule has 0 aliphatic carbocycles. The van der Waals surface area contributed by atoms with Crippen molar-refractivity contribution in [2.24, 2.45) is 0 Å². The summed E-state index contributed by atoms with van der Waals surface area (Å²) in [5, 5.41) is 0. The second-order valence-electron chi connectivity index (χ2n) is 11.9. The van der Waals surface area contributed by atoms with Gasteiger partial charge in [-0.05, 0) is 39.0 Å². The third-order valence-corrected chi connectivity index (χ3v) is 8.63. The molecule has 0 amide bonds. The average molecular weight is 647 g/mol. The Morgan fingerprint density at radius 2 is 1.05 bits per heavy atom. The van der Waals surface area contributed by atoms with Crippen LogP contribution in [-0.4, -0.2) is 42.8 Å². The molecular weight excluding hydrogens is 579 g/mol. The fraction of sp³-hybridized carbons (Fsp3) is 0.886. The minimum absolute atomic E-state index is 0.00148. The fourth-order valence-electron chi connectivity index (χ4n) is 4.90. The predicted molar refractivity (Wildman–Crippen MR) is 180 cm³/mol. The second-order valence-corrected chi connectivity index (χ2v) is 13.3. The van der Waals surface area contributed by atoms with Crippen LogP contribution in [0.15, 0.2) is 12.2 Å². The van der Waals surface area contributed by atoms with Gasteiger partial charge in [-0.1, -0.05) is 135 Å². The standard InChI is InChI=1S/C35H67O8P/c1-4-7-9-11-13-15-17-18-20-21-23-25-27-29-34(36)40-31-33(32-42-44(38,39)41-6-3)43-35(37)30-28-26-24-22-19-16-14-12-10-8-5-2/h12,14,33H,4-11,13,15-32H2,1-3H3,(H,38,39)/b14-12-. The molecule has 0 saturated heterocycles. The largest absolute Gasteiger partial charge is 0.472 e. The molecule has 0 spiro atoms. The molecule has 0 fully saturated rings. The van der Waals surface area contributed by atoms with Crippen molar-refractivity contribution >= 4 is 19.8 Å². The monoisotopic (exact) mass is 646 g/mol. The summed E-state index contributed by atoms with van der Waals surface area (Å²) in [5.74, 6) is -0.805. The molecule has 0 heterocycles. The van der Waals surface area contributed by atoms with Crippen molar-refractivity contribution in [1.82, 2.24) is 0 Å². The topological polar surface area (TPSA) is 108 Å². The van der Waals surface area contributed by atoms with Crippen LogP contribution in [0.4, 0.5) is 0 Å². The van der Waals surface area contributed by atoms with E-state index in [0.717, 1.165) is 57.8 Å². The third kappa shape index (κ3) is 30.8. The van der Waals surface area contributed by atoms with E-state index in [2.05, 4.69) is 26.0 Å². The van der Waals surface area contributed by atoms with E-state index in [9.17, 15) is 19.0 Å². The van der Waals surface area contributed by atoms with Gasteiger partial charge in [-0.3, -0.25) is 18.6 Å². The van der Waals surface area contributed by atoms with Gasteiger partial charge in [0, 0.05) is 12.8 Å². The Morgan fingerprint density at radius 3 is 1.57 bits per heavy atom. The maximum atomic E-state index is 12.4. The zero-order valence-electron chi connectivity index (χ0n) is 28.6. The lowest BCUT2D eigenvalue weighted by Crippen LogP contribution is -2.29. The van der Waals surface area contributed by atoms with Crippen LogP contribution in [0, 0.1) is 0 Å². The smallest absolute Gasteiger partial charge is 0.462 e. The van der Waals surface area contributed by atoms with Gasteiger partial charge in [0.15, 0.2) is 6.10 Å². The number of ether oxygens (including phenoxy) is 2. The number of hydrogen-bond acceptors (Lipinski definition) is 7. The van der Waals surface area contributed by atoms with Gasteiger partial charge in [0.05, 0.1) is 13.2 Å². The number of unbranched alkanes of at least 4 members (excludes halogenated alkanes) is 19. The molecule has 9 heteroatoms. The normalized spacial score (nSPS) is 13.6. The first kappa shape index (κ1) is 42.8. The Kier molecular flexibility index (Phi) is 30.9. The van der Waals surface area contributed by atoms with Crippen LogP contribution in [-0.2, 0) is 32.7 Å². The molecule has 260 valence electrons. The first-order valence-corrected chi connectivity index (χ1v) is 19.5. The highest BCUT2D eigenvalue weighted by Crippen LogP contribution is 2.43. The molecule has 1 N–H and O–H groups in total. The third-order valence-electron chi connectivity index (χ3n) is 7.57. The van der Waals surface area contributed by atoms with Crippen molar-refractivity contribution in [2.75, 3.05) is 19.8 Å². The van der Waals surface area contributed by atoms with E-state index in [1.165, 1.54) is 77.0 Å². The lowest BCUT2D eigenvalue weighted by atomic mass is 10.0. The van der Waals surface area contributed by atoms with Crippen molar-refractivity contribution < 1.29 is 37.6 Å². The molecule has 0 radical (unpaired) electrons. The Hall–Kier alpha value is -1.21. The van der Waals surface area contributed by atoms with Gasteiger partial charge in [0.2, 0.25) is 0 Å². The van der Waals surface area contributed by atoms with Crippen LogP contribution < -0.4 is 0 Å². The summed E-state index contributed by atoms with van der Waals surface area (Å²) in [5.41, 5.74) is 0. The zero-order valence-corrected chi connectivity index (χ0v) is 29.5. The van der Waals surface area contributed by atoms with Gasteiger partial charge in [-0.15, -0.1) is 0 Å². The summed E-state index contributed by atoms with van der Waals surface area (Å²) in [6.07, 6.45) is 29.8. The lowest BCUT2D eigenvalue weighted by Gasteiger charge is -2.19. The zero-order chi connectivity index (χ0) is 32.6. The molecule has 0 aromatic heterocycles. The summed E-state index contributed by atoms with van der Waals surface area (Å²) in [6.45, 7) is 5.41. The lowest BCUT2D eigenvalue weighted by molar-refractivity contribution is -0.161. The molecule has 0 aromatic rings. The highest BCUT2D eigenvalue weighted by molar-refractivity contribution is 7.47. The van der Waals surface area contributed by atoms with Crippen molar-refractivity contribution in [3.63, 3.8) is 0 Å². The van der Waals surface area contributed by atoms with E-state index in [-0.39, 0.29) is 25.6 Å². The predicted octanol–water partition coefficient (Wildman–Crippen LogP) is 10.6. The van der Waals surface area contributed by atoms with Gasteiger partial charge < -0.3 is 14.4 Å². The van der Waals surface area contributed by atoms with Crippen LogP contribution in [0.1, 0.15) is 175 Å². The Bertz CT molecular complexity index is 742. The van der Waals surface area contributed by atoms with Gasteiger partial charge in [0.1, 0.15) is 6.61 Å². The SMILES string of the molecule is CCCC/C=C\CCCCCCCC(=O)OC(COC(=O)CCCCCCCCCCCCCCC)COP(=O)(O)OCC. The second kappa shape index (κ2) is 31.8. The van der Waals surface area contributed by atoms with Crippen molar-refractivity contribution in [3.8, 4) is 0 Å². The van der Waals surface area contributed by atoms with Crippen molar-refractivity contribution in [2.45, 2.75) is 181 Å².